The molecule has 1 fully saturated rings. The largest absolute Gasteiger partial charge is 0.457 e. The van der Waals surface area contributed by atoms with Gasteiger partial charge in [-0.25, -0.2) is 4.98 Å². The SMILES string of the molecule is O=C(Nc1ccc(Oc2ccccc2)cc1)c1ccc(N2CCOCC2)cn1. The van der Waals surface area contributed by atoms with Gasteiger partial charge in [0.1, 0.15) is 17.2 Å². The number of hydrogen-bond donors (Lipinski definition) is 1. The Bertz CT molecular complexity index is 906. The van der Waals surface area contributed by atoms with Crippen LogP contribution in [0, 0.1) is 0 Å². The first-order valence-corrected chi connectivity index (χ1v) is 9.21. The second kappa shape index (κ2) is 8.54. The molecule has 0 atom stereocenters. The lowest BCUT2D eigenvalue weighted by atomic mass is 10.2. The van der Waals surface area contributed by atoms with Crippen molar-refractivity contribution < 1.29 is 14.3 Å². The molecule has 2 aromatic carbocycles. The molecule has 6 nitrogen and oxygen atoms in total. The summed E-state index contributed by atoms with van der Waals surface area (Å²) in [4.78, 5) is 18.9. The first kappa shape index (κ1) is 18.0. The molecule has 2 heterocycles. The smallest absolute Gasteiger partial charge is 0.274 e. The fraction of sp³-hybridized carbons (Fsp3) is 0.182. The van der Waals surface area contributed by atoms with Crippen molar-refractivity contribution in [1.29, 1.82) is 0 Å². The third-order valence-electron chi connectivity index (χ3n) is 4.45. The minimum Gasteiger partial charge on any atom is -0.457 e. The van der Waals surface area contributed by atoms with Crippen LogP contribution in [0.4, 0.5) is 11.4 Å². The van der Waals surface area contributed by atoms with Crippen molar-refractivity contribution in [3.63, 3.8) is 0 Å². The third kappa shape index (κ3) is 4.47. The van der Waals surface area contributed by atoms with Crippen LogP contribution in [0.2, 0.25) is 0 Å². The first-order chi connectivity index (χ1) is 13.8. The van der Waals surface area contributed by atoms with E-state index in [0.29, 0.717) is 30.3 Å². The van der Waals surface area contributed by atoms with Gasteiger partial charge in [-0.3, -0.25) is 4.79 Å². The zero-order valence-electron chi connectivity index (χ0n) is 15.4. The molecule has 1 aliphatic heterocycles. The fourth-order valence-corrected chi connectivity index (χ4v) is 2.96. The molecule has 1 aromatic heterocycles. The van der Waals surface area contributed by atoms with Crippen molar-refractivity contribution >= 4 is 17.3 Å². The highest BCUT2D eigenvalue weighted by Crippen LogP contribution is 2.23. The Labute approximate surface area is 163 Å². The molecular formula is C22H21N3O3. The molecular weight excluding hydrogens is 354 g/mol. The van der Waals surface area contributed by atoms with Gasteiger partial charge in [-0.1, -0.05) is 18.2 Å². The molecule has 3 aromatic rings. The lowest BCUT2D eigenvalue weighted by Crippen LogP contribution is -2.36. The standard InChI is InChI=1S/C22H21N3O3/c26-22(21-11-8-18(16-23-21)25-12-14-27-15-13-25)24-17-6-9-20(10-7-17)28-19-4-2-1-3-5-19/h1-11,16H,12-15H2,(H,24,26). The maximum Gasteiger partial charge on any atom is 0.274 e. The van der Waals surface area contributed by atoms with Gasteiger partial charge in [0.25, 0.3) is 5.91 Å². The van der Waals surface area contributed by atoms with Crippen molar-refractivity contribution in [3.8, 4) is 11.5 Å². The second-order valence-electron chi connectivity index (χ2n) is 6.39. The Balaban J connectivity index is 1.36. The van der Waals surface area contributed by atoms with E-state index in [1.54, 1.807) is 24.4 Å². The number of aromatic nitrogens is 1. The first-order valence-electron chi connectivity index (χ1n) is 9.21. The molecule has 142 valence electrons. The lowest BCUT2D eigenvalue weighted by molar-refractivity contribution is 0.102. The summed E-state index contributed by atoms with van der Waals surface area (Å²) in [7, 11) is 0. The van der Waals surface area contributed by atoms with Crippen LogP contribution in [-0.2, 0) is 4.74 Å². The summed E-state index contributed by atoms with van der Waals surface area (Å²) < 4.78 is 11.1. The average molecular weight is 375 g/mol. The molecule has 4 rings (SSSR count). The summed E-state index contributed by atoms with van der Waals surface area (Å²) in [6.07, 6.45) is 1.73. The van der Waals surface area contributed by atoms with E-state index in [1.165, 1.54) is 0 Å². The van der Waals surface area contributed by atoms with E-state index >= 15 is 0 Å². The minimum atomic E-state index is -0.245. The minimum absolute atomic E-state index is 0.245. The molecule has 0 radical (unpaired) electrons. The number of rotatable bonds is 5. The average Bonchev–Trinajstić information content (AvgIpc) is 2.76. The Morgan fingerprint density at radius 2 is 1.64 bits per heavy atom. The molecule has 0 aliphatic carbocycles. The monoisotopic (exact) mass is 375 g/mol. The van der Waals surface area contributed by atoms with Crippen molar-refractivity contribution in [2.24, 2.45) is 0 Å². The predicted molar refractivity (Wildman–Crippen MR) is 108 cm³/mol. The molecule has 0 unspecified atom stereocenters. The van der Waals surface area contributed by atoms with E-state index < -0.39 is 0 Å². The Hall–Kier alpha value is -3.38. The van der Waals surface area contributed by atoms with Crippen LogP contribution >= 0.6 is 0 Å². The normalized spacial score (nSPS) is 13.8. The summed E-state index contributed by atoms with van der Waals surface area (Å²) >= 11 is 0. The van der Waals surface area contributed by atoms with E-state index in [9.17, 15) is 4.79 Å². The van der Waals surface area contributed by atoms with Crippen LogP contribution in [0.5, 0.6) is 11.5 Å². The molecule has 1 aliphatic rings. The van der Waals surface area contributed by atoms with E-state index in [1.807, 2.05) is 48.5 Å². The number of morpholine rings is 1. The van der Waals surface area contributed by atoms with Crippen LogP contribution in [-0.4, -0.2) is 37.2 Å². The van der Waals surface area contributed by atoms with Gasteiger partial charge in [-0.15, -0.1) is 0 Å². The number of anilines is 2. The summed E-state index contributed by atoms with van der Waals surface area (Å²) in [6, 6.07) is 20.5. The van der Waals surface area contributed by atoms with Gasteiger partial charge in [0.2, 0.25) is 0 Å². The Morgan fingerprint density at radius 3 is 2.32 bits per heavy atom. The Morgan fingerprint density at radius 1 is 0.929 bits per heavy atom. The fourth-order valence-electron chi connectivity index (χ4n) is 2.96. The molecule has 1 N–H and O–H groups in total. The molecule has 0 saturated carbocycles. The van der Waals surface area contributed by atoms with Crippen LogP contribution in [0.3, 0.4) is 0 Å². The van der Waals surface area contributed by atoms with Gasteiger partial charge in [-0.05, 0) is 48.5 Å². The number of amides is 1. The Kier molecular flexibility index (Phi) is 5.49. The van der Waals surface area contributed by atoms with E-state index in [4.69, 9.17) is 9.47 Å². The topological polar surface area (TPSA) is 63.7 Å². The molecule has 0 bridgehead atoms. The quantitative estimate of drug-likeness (QED) is 0.731. The van der Waals surface area contributed by atoms with Crippen molar-refractivity contribution in [3.05, 3.63) is 78.6 Å². The van der Waals surface area contributed by atoms with Crippen molar-refractivity contribution in [2.45, 2.75) is 0 Å². The van der Waals surface area contributed by atoms with E-state index in [2.05, 4.69) is 15.2 Å². The number of pyridine rings is 1. The zero-order valence-corrected chi connectivity index (χ0v) is 15.4. The highest BCUT2D eigenvalue weighted by molar-refractivity contribution is 6.02. The third-order valence-corrected chi connectivity index (χ3v) is 4.45. The zero-order chi connectivity index (χ0) is 19.2. The molecule has 1 amide bonds. The highest BCUT2D eigenvalue weighted by atomic mass is 16.5. The lowest BCUT2D eigenvalue weighted by Gasteiger charge is -2.28. The number of nitrogens with one attached hydrogen (secondary N) is 1. The molecule has 0 spiro atoms. The number of hydrogen-bond acceptors (Lipinski definition) is 5. The van der Waals surface area contributed by atoms with Gasteiger partial charge in [0.05, 0.1) is 25.1 Å². The summed E-state index contributed by atoms with van der Waals surface area (Å²) in [5.41, 5.74) is 2.06. The van der Waals surface area contributed by atoms with E-state index in [0.717, 1.165) is 24.5 Å². The van der Waals surface area contributed by atoms with Crippen LogP contribution in [0.25, 0.3) is 0 Å². The predicted octanol–water partition coefficient (Wildman–Crippen LogP) is 3.96. The number of benzene rings is 2. The number of carbonyl (C=O) groups is 1. The van der Waals surface area contributed by atoms with Crippen molar-refractivity contribution in [2.75, 3.05) is 36.5 Å². The number of carbonyl (C=O) groups excluding carboxylic acids is 1. The van der Waals surface area contributed by atoms with Gasteiger partial charge >= 0.3 is 0 Å². The summed E-state index contributed by atoms with van der Waals surface area (Å²) in [5.74, 6) is 1.23. The molecule has 6 heteroatoms. The summed E-state index contributed by atoms with van der Waals surface area (Å²) in [6.45, 7) is 3.10. The van der Waals surface area contributed by atoms with Gasteiger partial charge in [0, 0.05) is 18.8 Å². The van der Waals surface area contributed by atoms with Gasteiger partial charge in [0.15, 0.2) is 0 Å². The van der Waals surface area contributed by atoms with Gasteiger partial charge < -0.3 is 19.7 Å². The van der Waals surface area contributed by atoms with Crippen LogP contribution in [0.15, 0.2) is 72.9 Å². The molecule has 1 saturated heterocycles. The number of ether oxygens (including phenoxy) is 2. The highest BCUT2D eigenvalue weighted by Gasteiger charge is 2.13. The number of nitrogens with zero attached hydrogens (tertiary/aromatic N) is 2. The van der Waals surface area contributed by atoms with E-state index in [-0.39, 0.29) is 5.91 Å². The summed E-state index contributed by atoms with van der Waals surface area (Å²) in [5, 5.41) is 2.86. The second-order valence-corrected chi connectivity index (χ2v) is 6.39. The van der Waals surface area contributed by atoms with Crippen LogP contribution in [0.1, 0.15) is 10.5 Å². The van der Waals surface area contributed by atoms with Crippen molar-refractivity contribution in [1.82, 2.24) is 4.98 Å². The maximum atomic E-state index is 12.4. The molecule has 28 heavy (non-hydrogen) atoms. The maximum absolute atomic E-state index is 12.4. The number of para-hydroxylation sites is 1. The van der Waals surface area contributed by atoms with Crippen LogP contribution < -0.4 is 15.0 Å². The van der Waals surface area contributed by atoms with Gasteiger partial charge in [-0.2, -0.15) is 0 Å².